The van der Waals surface area contributed by atoms with Crippen molar-refractivity contribution >= 4 is 6.03 Å². The summed E-state index contributed by atoms with van der Waals surface area (Å²) in [6, 6.07) is 2.83. The highest BCUT2D eigenvalue weighted by molar-refractivity contribution is 5.74. The summed E-state index contributed by atoms with van der Waals surface area (Å²) in [7, 11) is 0. The van der Waals surface area contributed by atoms with Crippen LogP contribution in [0.15, 0.2) is 12.1 Å². The lowest BCUT2D eigenvalue weighted by molar-refractivity contribution is -0.0173. The van der Waals surface area contributed by atoms with Gasteiger partial charge in [0.15, 0.2) is 6.79 Å². The minimum Gasteiger partial charge on any atom is -0.467 e. The summed E-state index contributed by atoms with van der Waals surface area (Å²) in [5.41, 5.74) is 1.31. The second-order valence-electron chi connectivity index (χ2n) is 5.47. The van der Waals surface area contributed by atoms with Gasteiger partial charge in [-0.15, -0.1) is 0 Å². The number of rotatable bonds is 3. The molecule has 0 radical (unpaired) electrons. The highest BCUT2D eigenvalue weighted by atomic mass is 19.1. The third kappa shape index (κ3) is 3.44. The molecule has 0 aromatic heterocycles. The van der Waals surface area contributed by atoms with Gasteiger partial charge in [0.2, 0.25) is 0 Å². The Balaban J connectivity index is 1.61. The molecule has 0 saturated heterocycles. The summed E-state index contributed by atoms with van der Waals surface area (Å²) >= 11 is 0. The Labute approximate surface area is 122 Å². The molecule has 2 aliphatic rings. The SMILES string of the molecule is O=C(NCc1cc(F)cc2c1OCOC2)NC1CCCC1. The minimum absolute atomic E-state index is 0.153. The number of nitrogens with one attached hydrogen (secondary N) is 2. The normalized spacial score (nSPS) is 18.0. The molecule has 114 valence electrons. The maximum atomic E-state index is 13.6. The molecule has 0 unspecified atom stereocenters. The number of urea groups is 1. The van der Waals surface area contributed by atoms with E-state index in [4.69, 9.17) is 9.47 Å². The molecule has 21 heavy (non-hydrogen) atoms. The van der Waals surface area contributed by atoms with Gasteiger partial charge in [-0.2, -0.15) is 0 Å². The van der Waals surface area contributed by atoms with E-state index in [1.807, 2.05) is 0 Å². The summed E-state index contributed by atoms with van der Waals surface area (Å²) in [5, 5.41) is 5.70. The summed E-state index contributed by atoms with van der Waals surface area (Å²) in [5.74, 6) is 0.264. The van der Waals surface area contributed by atoms with E-state index >= 15 is 0 Å². The lowest BCUT2D eigenvalue weighted by atomic mass is 10.1. The topological polar surface area (TPSA) is 59.6 Å². The molecule has 1 heterocycles. The van der Waals surface area contributed by atoms with Gasteiger partial charge in [-0.05, 0) is 25.0 Å². The predicted octanol–water partition coefficient (Wildman–Crippen LogP) is 2.43. The van der Waals surface area contributed by atoms with E-state index in [0.29, 0.717) is 23.5 Å². The molecular weight excluding hydrogens is 275 g/mol. The first-order chi connectivity index (χ1) is 10.2. The molecule has 6 heteroatoms. The molecule has 0 spiro atoms. The number of amides is 2. The zero-order chi connectivity index (χ0) is 14.7. The first-order valence-electron chi connectivity index (χ1n) is 7.28. The zero-order valence-electron chi connectivity index (χ0n) is 11.8. The lowest BCUT2D eigenvalue weighted by Gasteiger charge is -2.21. The van der Waals surface area contributed by atoms with Crippen LogP contribution in [0.3, 0.4) is 0 Å². The van der Waals surface area contributed by atoms with Gasteiger partial charge in [0.25, 0.3) is 0 Å². The van der Waals surface area contributed by atoms with E-state index in [0.717, 1.165) is 25.7 Å². The average molecular weight is 294 g/mol. The van der Waals surface area contributed by atoms with Crippen LogP contribution in [-0.4, -0.2) is 18.9 Å². The third-order valence-electron chi connectivity index (χ3n) is 3.88. The van der Waals surface area contributed by atoms with Crippen LogP contribution in [0.4, 0.5) is 9.18 Å². The molecule has 5 nitrogen and oxygen atoms in total. The van der Waals surface area contributed by atoms with Gasteiger partial charge >= 0.3 is 6.03 Å². The molecule has 3 rings (SSSR count). The van der Waals surface area contributed by atoms with E-state index in [1.165, 1.54) is 12.1 Å². The Bertz CT molecular complexity index is 530. The predicted molar refractivity (Wildman–Crippen MR) is 74.3 cm³/mol. The van der Waals surface area contributed by atoms with Crippen molar-refractivity contribution in [1.82, 2.24) is 10.6 Å². The van der Waals surface area contributed by atoms with E-state index in [1.54, 1.807) is 0 Å². The Morgan fingerprint density at radius 1 is 1.33 bits per heavy atom. The van der Waals surface area contributed by atoms with Crippen LogP contribution in [0.1, 0.15) is 36.8 Å². The van der Waals surface area contributed by atoms with Crippen LogP contribution in [0, 0.1) is 5.82 Å². The van der Waals surface area contributed by atoms with Gasteiger partial charge in [0.05, 0.1) is 6.61 Å². The van der Waals surface area contributed by atoms with E-state index in [-0.39, 0.29) is 31.2 Å². The van der Waals surface area contributed by atoms with Gasteiger partial charge in [0, 0.05) is 23.7 Å². The van der Waals surface area contributed by atoms with Crippen LogP contribution >= 0.6 is 0 Å². The van der Waals surface area contributed by atoms with Gasteiger partial charge in [-0.3, -0.25) is 0 Å². The number of hydrogen-bond acceptors (Lipinski definition) is 3. The lowest BCUT2D eigenvalue weighted by Crippen LogP contribution is -2.40. The van der Waals surface area contributed by atoms with Crippen LogP contribution in [-0.2, 0) is 17.9 Å². The van der Waals surface area contributed by atoms with Crippen LogP contribution in [0.25, 0.3) is 0 Å². The molecule has 2 amide bonds. The zero-order valence-corrected chi connectivity index (χ0v) is 11.8. The van der Waals surface area contributed by atoms with Crippen molar-refractivity contribution in [3.63, 3.8) is 0 Å². The van der Waals surface area contributed by atoms with E-state index in [2.05, 4.69) is 10.6 Å². The molecule has 1 fully saturated rings. The fourth-order valence-electron chi connectivity index (χ4n) is 2.87. The second kappa shape index (κ2) is 6.30. The first-order valence-corrected chi connectivity index (χ1v) is 7.28. The number of fused-ring (bicyclic) bond motifs is 1. The average Bonchev–Trinajstić information content (AvgIpc) is 2.97. The van der Waals surface area contributed by atoms with Crippen molar-refractivity contribution in [2.75, 3.05) is 6.79 Å². The molecule has 1 aromatic carbocycles. The number of carbonyl (C=O) groups is 1. The van der Waals surface area contributed by atoms with E-state index < -0.39 is 0 Å². The van der Waals surface area contributed by atoms with Gasteiger partial charge < -0.3 is 20.1 Å². The summed E-state index contributed by atoms with van der Waals surface area (Å²) in [6.45, 7) is 0.715. The highest BCUT2D eigenvalue weighted by Crippen LogP contribution is 2.29. The van der Waals surface area contributed by atoms with Gasteiger partial charge in [-0.1, -0.05) is 12.8 Å². The van der Waals surface area contributed by atoms with E-state index in [9.17, 15) is 9.18 Å². The number of ether oxygens (including phenoxy) is 2. The maximum absolute atomic E-state index is 13.6. The fraction of sp³-hybridized carbons (Fsp3) is 0.533. The molecule has 1 saturated carbocycles. The van der Waals surface area contributed by atoms with Gasteiger partial charge in [0.1, 0.15) is 11.6 Å². The van der Waals surface area contributed by atoms with Crippen LogP contribution in [0.5, 0.6) is 5.75 Å². The summed E-state index contributed by atoms with van der Waals surface area (Å²) in [4.78, 5) is 11.8. The molecule has 0 bridgehead atoms. The monoisotopic (exact) mass is 294 g/mol. The Kier molecular flexibility index (Phi) is 4.24. The first kappa shape index (κ1) is 14.1. The Hall–Kier alpha value is -1.82. The van der Waals surface area contributed by atoms with Crippen molar-refractivity contribution in [2.45, 2.75) is 44.9 Å². The van der Waals surface area contributed by atoms with Crippen molar-refractivity contribution in [2.24, 2.45) is 0 Å². The Morgan fingerprint density at radius 3 is 2.95 bits per heavy atom. The number of carbonyl (C=O) groups excluding carboxylic acids is 1. The quantitative estimate of drug-likeness (QED) is 0.900. The molecule has 2 N–H and O–H groups in total. The minimum atomic E-state index is -0.351. The molecule has 1 aliphatic heterocycles. The number of benzene rings is 1. The standard InChI is InChI=1S/C15H19FN2O3/c16-12-5-10(14-11(6-12)8-20-9-21-14)7-17-15(19)18-13-3-1-2-4-13/h5-6,13H,1-4,7-9H2,(H2,17,18,19). The second-order valence-corrected chi connectivity index (χ2v) is 5.47. The smallest absolute Gasteiger partial charge is 0.315 e. The van der Waals surface area contributed by atoms with Crippen molar-refractivity contribution < 1.29 is 18.7 Å². The Morgan fingerprint density at radius 2 is 2.14 bits per heavy atom. The number of hydrogen-bond donors (Lipinski definition) is 2. The van der Waals surface area contributed by atoms with Crippen molar-refractivity contribution in [3.05, 3.63) is 29.1 Å². The molecule has 1 aromatic rings. The summed E-state index contributed by atoms with van der Waals surface area (Å²) < 4.78 is 24.1. The van der Waals surface area contributed by atoms with Crippen LogP contribution in [0.2, 0.25) is 0 Å². The highest BCUT2D eigenvalue weighted by Gasteiger charge is 2.19. The molecule has 0 atom stereocenters. The molecular formula is C15H19FN2O3. The molecule has 1 aliphatic carbocycles. The number of halogens is 1. The largest absolute Gasteiger partial charge is 0.467 e. The third-order valence-corrected chi connectivity index (χ3v) is 3.88. The van der Waals surface area contributed by atoms with Crippen LogP contribution < -0.4 is 15.4 Å². The maximum Gasteiger partial charge on any atom is 0.315 e. The van der Waals surface area contributed by atoms with Crippen molar-refractivity contribution in [3.8, 4) is 5.75 Å². The van der Waals surface area contributed by atoms with Crippen molar-refractivity contribution in [1.29, 1.82) is 0 Å². The van der Waals surface area contributed by atoms with Gasteiger partial charge in [-0.25, -0.2) is 9.18 Å². The fourth-order valence-corrected chi connectivity index (χ4v) is 2.87. The summed E-state index contributed by atoms with van der Waals surface area (Å²) in [6.07, 6.45) is 4.39.